The highest BCUT2D eigenvalue weighted by Gasteiger charge is 2.54. The second kappa shape index (κ2) is 16.5. The van der Waals surface area contributed by atoms with Crippen molar-refractivity contribution in [1.82, 2.24) is 15.2 Å². The van der Waals surface area contributed by atoms with Crippen molar-refractivity contribution < 1.29 is 38.2 Å². The third kappa shape index (κ3) is 9.11. The monoisotopic (exact) mass is 765 g/mol. The molecule has 1 aromatic carbocycles. The number of thioether (sulfide) groups is 1. The van der Waals surface area contributed by atoms with Gasteiger partial charge < -0.3 is 24.4 Å². The zero-order chi connectivity index (χ0) is 36.0. The number of aromatic nitrogens is 1. The Morgan fingerprint density at radius 1 is 1.16 bits per heavy atom. The minimum Gasteiger partial charge on any atom is -0.497 e. The Labute approximate surface area is 307 Å². The average molecular weight is 767 g/mol. The minimum atomic E-state index is -1.01. The van der Waals surface area contributed by atoms with Crippen molar-refractivity contribution in [2.45, 2.75) is 76.2 Å². The summed E-state index contributed by atoms with van der Waals surface area (Å²) in [5.41, 5.74) is 0.335. The lowest BCUT2D eigenvalue weighted by atomic mass is 10.0. The van der Waals surface area contributed by atoms with Gasteiger partial charge in [-0.25, -0.2) is 14.6 Å². The van der Waals surface area contributed by atoms with Crippen molar-refractivity contribution in [3.8, 4) is 5.75 Å². The lowest BCUT2D eigenvalue weighted by molar-refractivity contribution is -0.153. The first kappa shape index (κ1) is 37.5. The lowest BCUT2D eigenvalue weighted by Crippen LogP contribution is -2.71. The number of nitrogens with one attached hydrogen (secondary N) is 2. The number of ether oxygens (including phenoxy) is 3. The zero-order valence-electron chi connectivity index (χ0n) is 27.8. The molecule has 3 amide bonds. The third-order valence-corrected chi connectivity index (χ3v) is 10.3. The zero-order valence-corrected chi connectivity index (χ0v) is 31.0. The predicted octanol–water partition coefficient (Wildman–Crippen LogP) is 6.01. The Morgan fingerprint density at radius 3 is 2.54 bits per heavy atom. The van der Waals surface area contributed by atoms with Crippen molar-refractivity contribution in [2.24, 2.45) is 5.16 Å². The minimum absolute atomic E-state index is 0.0289. The summed E-state index contributed by atoms with van der Waals surface area (Å²) in [7, 11) is 1.56. The molecule has 1 aliphatic carbocycles. The van der Waals surface area contributed by atoms with Gasteiger partial charge in [0.1, 0.15) is 51.2 Å². The number of hydrogen-bond donors (Lipinski definition) is 2. The molecular formula is C33H37Cl2N5O8S2. The maximum Gasteiger partial charge on any atom is 0.413 e. The second-order valence-electron chi connectivity index (χ2n) is 12.4. The number of benzene rings is 1. The average Bonchev–Trinajstić information content (AvgIpc) is 3.73. The molecule has 2 atom stereocenters. The number of β-lactam (4-membered cyclic amide) rings is 1. The second-order valence-corrected chi connectivity index (χ2v) is 15.5. The number of halogens is 2. The first-order valence-electron chi connectivity index (χ1n) is 15.8. The fraction of sp³-hybridized carbons (Fsp3) is 0.455. The summed E-state index contributed by atoms with van der Waals surface area (Å²) in [5, 5.41) is 8.88. The van der Waals surface area contributed by atoms with Gasteiger partial charge in [-0.1, -0.05) is 52.4 Å². The molecule has 3 aliphatic rings. The number of amides is 3. The quantitative estimate of drug-likeness (QED) is 0.0863. The fourth-order valence-corrected chi connectivity index (χ4v) is 7.74. The van der Waals surface area contributed by atoms with Crippen molar-refractivity contribution in [3.05, 3.63) is 63.3 Å². The van der Waals surface area contributed by atoms with Crippen LogP contribution in [-0.4, -0.2) is 81.3 Å². The Bertz CT molecular complexity index is 1700. The van der Waals surface area contributed by atoms with E-state index in [1.165, 1.54) is 16.7 Å². The lowest BCUT2D eigenvalue weighted by Gasteiger charge is -2.49. The third-order valence-electron chi connectivity index (χ3n) is 7.64. The highest BCUT2D eigenvalue weighted by Crippen LogP contribution is 2.41. The van der Waals surface area contributed by atoms with Crippen molar-refractivity contribution in [3.63, 3.8) is 0 Å². The van der Waals surface area contributed by atoms with Gasteiger partial charge in [0.05, 0.1) is 7.11 Å². The first-order valence-corrected chi connectivity index (χ1v) is 18.6. The van der Waals surface area contributed by atoms with Gasteiger partial charge in [-0.3, -0.25) is 19.8 Å². The Kier molecular flexibility index (Phi) is 12.4. The van der Waals surface area contributed by atoms with Crippen LogP contribution in [0, 0.1) is 0 Å². The molecule has 50 heavy (non-hydrogen) atoms. The number of carbonyl (C=O) groups excluding carboxylic acids is 4. The summed E-state index contributed by atoms with van der Waals surface area (Å²) in [6.45, 7) is 5.13. The Hall–Kier alpha value is -3.79. The number of methoxy groups -OCH3 is 1. The molecule has 13 nitrogen and oxygen atoms in total. The number of anilines is 1. The number of esters is 1. The molecule has 1 saturated heterocycles. The van der Waals surface area contributed by atoms with Crippen molar-refractivity contribution in [1.29, 1.82) is 0 Å². The van der Waals surface area contributed by atoms with Crippen LogP contribution in [0.1, 0.15) is 57.7 Å². The number of hydrogen-bond acceptors (Lipinski definition) is 12. The highest BCUT2D eigenvalue weighted by molar-refractivity contribution is 8.00. The van der Waals surface area contributed by atoms with Crippen molar-refractivity contribution in [2.75, 3.05) is 24.1 Å². The van der Waals surface area contributed by atoms with E-state index in [0.717, 1.165) is 42.6 Å². The van der Waals surface area contributed by atoms with E-state index in [2.05, 4.69) is 20.8 Å². The van der Waals surface area contributed by atoms with Gasteiger partial charge in [-0.2, -0.15) is 0 Å². The summed E-state index contributed by atoms with van der Waals surface area (Å²) in [6, 6.07) is 6.04. The van der Waals surface area contributed by atoms with Crippen LogP contribution in [0.2, 0.25) is 4.34 Å². The molecule has 1 saturated carbocycles. The Morgan fingerprint density at radius 2 is 1.88 bits per heavy atom. The van der Waals surface area contributed by atoms with E-state index in [-0.39, 0.29) is 45.2 Å². The topological polar surface area (TPSA) is 158 Å². The smallest absolute Gasteiger partial charge is 0.413 e. The van der Waals surface area contributed by atoms with Gasteiger partial charge >= 0.3 is 12.1 Å². The normalized spacial score (nSPS) is 19.6. The van der Waals surface area contributed by atoms with Crippen LogP contribution in [0.5, 0.6) is 5.75 Å². The highest BCUT2D eigenvalue weighted by atomic mass is 35.5. The van der Waals surface area contributed by atoms with Crippen LogP contribution in [0.15, 0.2) is 52.8 Å². The number of oxime groups is 1. The molecule has 2 N–H and O–H groups in total. The van der Waals surface area contributed by atoms with E-state index in [1.807, 2.05) is 0 Å². The van der Waals surface area contributed by atoms with E-state index in [4.69, 9.17) is 42.3 Å². The van der Waals surface area contributed by atoms with Gasteiger partial charge in [0.25, 0.3) is 11.8 Å². The molecule has 1 aromatic heterocycles. The molecule has 3 heterocycles. The number of nitrogens with zero attached hydrogens (tertiary/aromatic N) is 3. The molecule has 268 valence electrons. The van der Waals surface area contributed by atoms with Gasteiger partial charge in [0.2, 0.25) is 0 Å². The van der Waals surface area contributed by atoms with Gasteiger partial charge in [0.15, 0.2) is 10.8 Å². The first-order chi connectivity index (χ1) is 23.9. The van der Waals surface area contributed by atoms with Gasteiger partial charge in [-0.05, 0) is 69.7 Å². The molecule has 5 rings (SSSR count). The molecule has 2 unspecified atom stereocenters. The number of alkyl halides is 1. The summed E-state index contributed by atoms with van der Waals surface area (Å²) in [4.78, 5) is 64.7. The number of thiazole rings is 1. The van der Waals surface area contributed by atoms with Crippen LogP contribution in [0.4, 0.5) is 9.93 Å². The van der Waals surface area contributed by atoms with Crippen LogP contribution >= 0.6 is 46.3 Å². The summed E-state index contributed by atoms with van der Waals surface area (Å²) in [6.07, 6.45) is 5.90. The van der Waals surface area contributed by atoms with Crippen LogP contribution in [0.25, 0.3) is 0 Å². The molecule has 17 heteroatoms. The standard InChI is InChI=1S/C33H37Cl2N5O8S2/c1-33(2,3)47-32(44)38-31-37-22(26(35)50-31)23(39-48-21-9-5-6-10-21)27(41)36-24-28(42)40-25(19(8-7-15-34)17-49-29(24)40)30(43)46-16-18-11-13-20(45-4)14-12-18/h7-8,11-14,21,24,29H,5-6,9-10,15-17H2,1-4H3,(H,36,41)(H,37,38,44)/b8-7+,39-23?. The number of rotatable bonds is 12. The fourth-order valence-electron chi connectivity index (χ4n) is 5.30. The molecule has 2 aliphatic heterocycles. The van der Waals surface area contributed by atoms with E-state index < -0.39 is 40.9 Å². The summed E-state index contributed by atoms with van der Waals surface area (Å²) < 4.78 is 16.2. The van der Waals surface area contributed by atoms with Crippen molar-refractivity contribution >= 4 is 81.0 Å². The predicted molar refractivity (Wildman–Crippen MR) is 192 cm³/mol. The van der Waals surface area contributed by atoms with Crippen LogP contribution in [-0.2, 0) is 35.3 Å². The molecule has 2 aromatic rings. The maximum absolute atomic E-state index is 13.8. The number of carbonyl (C=O) groups is 4. The van der Waals surface area contributed by atoms with Crippen LogP contribution in [0.3, 0.4) is 0 Å². The van der Waals surface area contributed by atoms with E-state index in [0.29, 0.717) is 17.1 Å². The molecule has 2 fully saturated rings. The summed E-state index contributed by atoms with van der Waals surface area (Å²) >= 11 is 14.7. The molecule has 0 bridgehead atoms. The number of fused-ring (bicyclic) bond motifs is 1. The van der Waals surface area contributed by atoms with Gasteiger partial charge in [0, 0.05) is 11.6 Å². The van der Waals surface area contributed by atoms with E-state index >= 15 is 0 Å². The molecule has 0 radical (unpaired) electrons. The maximum atomic E-state index is 13.8. The largest absolute Gasteiger partial charge is 0.497 e. The SMILES string of the molecule is COc1ccc(COC(=O)C2=C(/C=C/CCl)CSC3C(NC(=O)C(=NOC4CCCC4)c4nc(NC(=O)OC(C)(C)C)sc4Cl)C(=O)N23)cc1. The summed E-state index contributed by atoms with van der Waals surface area (Å²) in [5.74, 6) is -0.752. The van der Waals surface area contributed by atoms with E-state index in [9.17, 15) is 19.2 Å². The Balaban J connectivity index is 1.34. The molecular weight excluding hydrogens is 729 g/mol. The number of allylic oxidation sites excluding steroid dienone is 2. The van der Waals surface area contributed by atoms with E-state index in [1.54, 1.807) is 64.3 Å². The van der Waals surface area contributed by atoms with Gasteiger partial charge in [-0.15, -0.1) is 23.4 Å². The molecule has 0 spiro atoms. The van der Waals surface area contributed by atoms with Crippen LogP contribution < -0.4 is 15.4 Å².